The Balaban J connectivity index is 1.80. The van der Waals surface area contributed by atoms with Crippen LogP contribution in [0.2, 0.25) is 5.02 Å². The van der Waals surface area contributed by atoms with Gasteiger partial charge >= 0.3 is 0 Å². The Morgan fingerprint density at radius 2 is 1.83 bits per heavy atom. The van der Waals surface area contributed by atoms with E-state index in [0.717, 1.165) is 30.1 Å². The molecule has 0 unspecified atom stereocenters. The fourth-order valence-corrected chi connectivity index (χ4v) is 3.42. The van der Waals surface area contributed by atoms with Gasteiger partial charge in [0.1, 0.15) is 5.82 Å². The van der Waals surface area contributed by atoms with E-state index in [1.807, 2.05) is 25.2 Å². The number of halogens is 1. The molecule has 0 saturated heterocycles. The van der Waals surface area contributed by atoms with Crippen molar-refractivity contribution in [1.29, 1.82) is 0 Å². The summed E-state index contributed by atoms with van der Waals surface area (Å²) < 4.78 is 2.06. The minimum Gasteiger partial charge on any atom is -0.398 e. The Morgan fingerprint density at radius 3 is 2.48 bits per heavy atom. The number of nitrogens with zero attached hydrogens (tertiary/aromatic N) is 3. The second kappa shape index (κ2) is 5.10. The molecule has 0 aliphatic heterocycles. The van der Waals surface area contributed by atoms with Gasteiger partial charge in [0.05, 0.1) is 5.41 Å². The van der Waals surface area contributed by atoms with Crippen molar-refractivity contribution < 1.29 is 0 Å². The molecule has 0 radical (unpaired) electrons. The topological polar surface area (TPSA) is 56.7 Å². The van der Waals surface area contributed by atoms with Crippen LogP contribution in [-0.4, -0.2) is 14.8 Å². The molecule has 1 aromatic heterocycles. The smallest absolute Gasteiger partial charge is 0.165 e. The van der Waals surface area contributed by atoms with Gasteiger partial charge in [-0.1, -0.05) is 41.9 Å². The lowest BCUT2D eigenvalue weighted by atomic mass is 9.95. The molecule has 0 amide bonds. The molecule has 1 heterocycles. The van der Waals surface area contributed by atoms with E-state index in [9.17, 15) is 0 Å². The van der Waals surface area contributed by atoms with E-state index in [1.165, 1.54) is 5.56 Å². The molecule has 2 N–H and O–H groups in total. The second-order valence-corrected chi connectivity index (χ2v) is 6.52. The fraction of sp³-hybridized carbons (Fsp3) is 0.222. The van der Waals surface area contributed by atoms with Gasteiger partial charge in [0.2, 0.25) is 0 Å². The van der Waals surface area contributed by atoms with Crippen LogP contribution in [0.4, 0.5) is 5.69 Å². The average Bonchev–Trinajstić information content (AvgIpc) is 3.27. The molecule has 4 nitrogen and oxygen atoms in total. The SMILES string of the molecule is Cn1c(-c2ccc(Cl)cc2N)nnc1C1(c2ccccc2)CC1. The molecule has 23 heavy (non-hydrogen) atoms. The second-order valence-electron chi connectivity index (χ2n) is 6.09. The quantitative estimate of drug-likeness (QED) is 0.746. The Bertz CT molecular complexity index is 866. The number of benzene rings is 2. The molecule has 3 aromatic rings. The summed E-state index contributed by atoms with van der Waals surface area (Å²) in [6.45, 7) is 0. The van der Waals surface area contributed by atoms with Gasteiger partial charge in [-0.2, -0.15) is 0 Å². The summed E-state index contributed by atoms with van der Waals surface area (Å²) in [4.78, 5) is 0. The van der Waals surface area contributed by atoms with Crippen LogP contribution in [0.3, 0.4) is 0 Å². The van der Waals surface area contributed by atoms with E-state index in [0.29, 0.717) is 10.7 Å². The first-order chi connectivity index (χ1) is 11.1. The van der Waals surface area contributed by atoms with E-state index in [4.69, 9.17) is 17.3 Å². The van der Waals surface area contributed by atoms with E-state index >= 15 is 0 Å². The standard InChI is InChI=1S/C18H17ClN4/c1-23-16(14-8-7-13(19)11-15(14)20)21-22-17(23)18(9-10-18)12-5-3-2-4-6-12/h2-8,11H,9-10,20H2,1H3. The fourth-order valence-electron chi connectivity index (χ4n) is 3.24. The minimum absolute atomic E-state index is 0.0115. The van der Waals surface area contributed by atoms with Crippen molar-refractivity contribution in [2.75, 3.05) is 5.73 Å². The van der Waals surface area contributed by atoms with Crippen molar-refractivity contribution in [3.8, 4) is 11.4 Å². The number of aromatic nitrogens is 3. The number of nitrogens with two attached hydrogens (primary N) is 1. The van der Waals surface area contributed by atoms with Gasteiger partial charge in [-0.25, -0.2) is 0 Å². The van der Waals surface area contributed by atoms with Crippen LogP contribution in [0.5, 0.6) is 0 Å². The first-order valence-corrected chi connectivity index (χ1v) is 8.00. The van der Waals surface area contributed by atoms with Crippen LogP contribution in [-0.2, 0) is 12.5 Å². The lowest BCUT2D eigenvalue weighted by Crippen LogP contribution is -2.15. The maximum absolute atomic E-state index is 6.10. The first-order valence-electron chi connectivity index (χ1n) is 7.63. The van der Waals surface area contributed by atoms with Gasteiger partial charge in [-0.05, 0) is 36.6 Å². The summed E-state index contributed by atoms with van der Waals surface area (Å²) >= 11 is 5.99. The zero-order valence-electron chi connectivity index (χ0n) is 12.8. The first kappa shape index (κ1) is 14.3. The molecule has 0 bridgehead atoms. The molecule has 1 saturated carbocycles. The average molecular weight is 325 g/mol. The van der Waals surface area contributed by atoms with Gasteiger partial charge in [0.15, 0.2) is 5.82 Å². The van der Waals surface area contributed by atoms with Crippen LogP contribution >= 0.6 is 11.6 Å². The number of hydrogen-bond donors (Lipinski definition) is 1. The maximum atomic E-state index is 6.10. The van der Waals surface area contributed by atoms with Gasteiger partial charge in [0, 0.05) is 23.3 Å². The summed E-state index contributed by atoms with van der Waals surface area (Å²) in [6.07, 6.45) is 2.19. The molecule has 5 heteroatoms. The highest BCUT2D eigenvalue weighted by Crippen LogP contribution is 2.53. The van der Waals surface area contributed by atoms with Gasteiger partial charge in [0.25, 0.3) is 0 Å². The Morgan fingerprint density at radius 1 is 1.09 bits per heavy atom. The molecule has 0 spiro atoms. The highest BCUT2D eigenvalue weighted by molar-refractivity contribution is 6.31. The highest BCUT2D eigenvalue weighted by Gasteiger charge is 2.49. The van der Waals surface area contributed by atoms with E-state index < -0.39 is 0 Å². The van der Waals surface area contributed by atoms with Crippen molar-refractivity contribution in [3.05, 3.63) is 64.9 Å². The molecule has 4 rings (SSSR count). The zero-order chi connectivity index (χ0) is 16.0. The van der Waals surface area contributed by atoms with E-state index in [-0.39, 0.29) is 5.41 Å². The van der Waals surface area contributed by atoms with Gasteiger partial charge in [-0.15, -0.1) is 10.2 Å². The molecule has 1 aliphatic rings. The molecular formula is C18H17ClN4. The number of nitrogen functional groups attached to an aromatic ring is 1. The largest absolute Gasteiger partial charge is 0.398 e. The Hall–Kier alpha value is -2.33. The van der Waals surface area contributed by atoms with Crippen molar-refractivity contribution >= 4 is 17.3 Å². The summed E-state index contributed by atoms with van der Waals surface area (Å²) in [6, 6.07) is 16.0. The predicted molar refractivity (Wildman–Crippen MR) is 92.3 cm³/mol. The van der Waals surface area contributed by atoms with Crippen LogP contribution in [0, 0.1) is 0 Å². The van der Waals surface area contributed by atoms with Crippen LogP contribution < -0.4 is 5.73 Å². The van der Waals surface area contributed by atoms with Gasteiger partial charge in [-0.3, -0.25) is 0 Å². The number of rotatable bonds is 3. The molecule has 1 fully saturated rings. The summed E-state index contributed by atoms with van der Waals surface area (Å²) in [5.74, 6) is 1.77. The van der Waals surface area contributed by atoms with Crippen LogP contribution in [0.15, 0.2) is 48.5 Å². The normalized spacial score (nSPS) is 15.6. The third-order valence-corrected chi connectivity index (χ3v) is 4.87. The maximum Gasteiger partial charge on any atom is 0.165 e. The van der Waals surface area contributed by atoms with E-state index in [1.54, 1.807) is 6.07 Å². The van der Waals surface area contributed by atoms with E-state index in [2.05, 4.69) is 39.0 Å². The van der Waals surface area contributed by atoms with Crippen molar-refractivity contribution in [2.45, 2.75) is 18.3 Å². The monoisotopic (exact) mass is 324 g/mol. The summed E-state index contributed by atoms with van der Waals surface area (Å²) in [5, 5.41) is 9.51. The van der Waals surface area contributed by atoms with Gasteiger partial charge < -0.3 is 10.3 Å². The predicted octanol–water partition coefficient (Wildman–Crippen LogP) is 3.80. The molecule has 116 valence electrons. The zero-order valence-corrected chi connectivity index (χ0v) is 13.6. The number of anilines is 1. The minimum atomic E-state index is -0.0115. The molecular weight excluding hydrogens is 308 g/mol. The molecule has 2 aromatic carbocycles. The third-order valence-electron chi connectivity index (χ3n) is 4.63. The molecule has 1 aliphatic carbocycles. The van der Waals surface area contributed by atoms with Crippen molar-refractivity contribution in [2.24, 2.45) is 7.05 Å². The van der Waals surface area contributed by atoms with Crippen molar-refractivity contribution in [3.63, 3.8) is 0 Å². The van der Waals surface area contributed by atoms with Crippen LogP contribution in [0.1, 0.15) is 24.2 Å². The highest BCUT2D eigenvalue weighted by atomic mass is 35.5. The van der Waals surface area contributed by atoms with Crippen LogP contribution in [0.25, 0.3) is 11.4 Å². The third kappa shape index (κ3) is 2.21. The number of hydrogen-bond acceptors (Lipinski definition) is 3. The van der Waals surface area contributed by atoms with Crippen molar-refractivity contribution in [1.82, 2.24) is 14.8 Å². The summed E-state index contributed by atoms with van der Waals surface area (Å²) in [7, 11) is 2.00. The molecule has 0 atom stereocenters. The summed E-state index contributed by atoms with van der Waals surface area (Å²) in [5.41, 5.74) is 8.86. The Labute approximate surface area is 139 Å². The Kier molecular flexibility index (Phi) is 3.16. The lowest BCUT2D eigenvalue weighted by molar-refractivity contribution is 0.694. The lowest BCUT2D eigenvalue weighted by Gasteiger charge is -2.15.